The summed E-state index contributed by atoms with van der Waals surface area (Å²) >= 11 is 0. The third-order valence-electron chi connectivity index (χ3n) is 7.72. The highest BCUT2D eigenvalue weighted by Gasteiger charge is 2.57. The number of carbonyl (C=O) groups is 3. The largest absolute Gasteiger partial charge is 0.376 e. The first-order valence-electron chi connectivity index (χ1n) is 12.5. The Bertz CT molecular complexity index is 1090. The number of carbonyl (C=O) groups excluding carboxylic acids is 3. The summed E-state index contributed by atoms with van der Waals surface area (Å²) in [5.41, 5.74) is 1.67. The van der Waals surface area contributed by atoms with Crippen molar-refractivity contribution in [3.8, 4) is 0 Å². The molecule has 0 spiro atoms. The summed E-state index contributed by atoms with van der Waals surface area (Å²) in [5, 5.41) is 3.06. The number of aromatic nitrogens is 1. The fourth-order valence-electron chi connectivity index (χ4n) is 5.70. The lowest BCUT2D eigenvalue weighted by atomic mass is 9.73. The van der Waals surface area contributed by atoms with Crippen molar-refractivity contribution in [1.82, 2.24) is 20.1 Å². The van der Waals surface area contributed by atoms with E-state index in [0.29, 0.717) is 44.5 Å². The molecule has 8 nitrogen and oxygen atoms in total. The standard InChI is InChI=1S/C27H32N4O4/c1-19-6-2-3-7-20(19)16-24(32)30-13-10-21(11-14-30)27(22-8-4-12-28-17-22)25(33)31(26(34)29-27)18-23-9-5-15-35-23/h2-4,6-8,12,17,21,23H,5,9-11,13-16,18H2,1H3,(H,29,34)/t23-,27-/m1/s1. The SMILES string of the molecule is Cc1ccccc1CC(=O)N1CCC([C@]2(c3cccnc3)NC(=O)N(C[C@H]3CCCO3)C2=O)CC1. The van der Waals surface area contributed by atoms with E-state index in [1.165, 1.54) is 4.90 Å². The Kier molecular flexibility index (Phi) is 6.56. The zero-order valence-electron chi connectivity index (χ0n) is 20.1. The van der Waals surface area contributed by atoms with Gasteiger partial charge in [-0.2, -0.15) is 0 Å². The molecular weight excluding hydrogens is 444 g/mol. The third kappa shape index (κ3) is 4.43. The second kappa shape index (κ2) is 9.77. The topological polar surface area (TPSA) is 91.8 Å². The normalized spacial score (nSPS) is 25.2. The first-order valence-corrected chi connectivity index (χ1v) is 12.5. The van der Waals surface area contributed by atoms with E-state index in [0.717, 1.165) is 24.0 Å². The summed E-state index contributed by atoms with van der Waals surface area (Å²) in [7, 11) is 0. The first-order chi connectivity index (χ1) is 17.0. The number of rotatable bonds is 6. The zero-order chi connectivity index (χ0) is 24.4. The molecule has 3 aliphatic rings. The highest BCUT2D eigenvalue weighted by Crippen LogP contribution is 2.41. The first kappa shape index (κ1) is 23.5. The molecule has 0 unspecified atom stereocenters. The molecule has 184 valence electrons. The Labute approximate surface area is 205 Å². The number of imide groups is 1. The van der Waals surface area contributed by atoms with Crippen molar-refractivity contribution < 1.29 is 19.1 Å². The Hall–Kier alpha value is -3.26. The second-order valence-corrected chi connectivity index (χ2v) is 9.79. The van der Waals surface area contributed by atoms with Crippen LogP contribution in [0.5, 0.6) is 0 Å². The third-order valence-corrected chi connectivity index (χ3v) is 7.72. The van der Waals surface area contributed by atoms with Crippen LogP contribution in [-0.4, -0.2) is 65.0 Å². The van der Waals surface area contributed by atoms with Crippen LogP contribution in [0.25, 0.3) is 0 Å². The Balaban J connectivity index is 1.34. The number of amides is 4. The molecule has 1 N–H and O–H groups in total. The smallest absolute Gasteiger partial charge is 0.325 e. The van der Waals surface area contributed by atoms with Gasteiger partial charge in [-0.25, -0.2) is 4.79 Å². The van der Waals surface area contributed by atoms with E-state index in [4.69, 9.17) is 4.74 Å². The number of nitrogens with one attached hydrogen (secondary N) is 1. The van der Waals surface area contributed by atoms with Gasteiger partial charge in [0.25, 0.3) is 5.91 Å². The van der Waals surface area contributed by atoms with Crippen LogP contribution < -0.4 is 5.32 Å². The van der Waals surface area contributed by atoms with Gasteiger partial charge >= 0.3 is 6.03 Å². The summed E-state index contributed by atoms with van der Waals surface area (Å²) in [6, 6.07) is 11.2. The minimum atomic E-state index is -1.17. The van der Waals surface area contributed by atoms with Crippen LogP contribution in [0.1, 0.15) is 42.4 Å². The maximum atomic E-state index is 13.9. The number of ether oxygens (including phenoxy) is 1. The average Bonchev–Trinajstić information content (AvgIpc) is 3.49. The molecule has 0 saturated carbocycles. The fraction of sp³-hybridized carbons (Fsp3) is 0.481. The molecule has 1 aromatic carbocycles. The minimum Gasteiger partial charge on any atom is -0.376 e. The lowest BCUT2D eigenvalue weighted by molar-refractivity contribution is -0.137. The molecule has 0 radical (unpaired) electrons. The number of hydrogen-bond acceptors (Lipinski definition) is 5. The van der Waals surface area contributed by atoms with Crippen LogP contribution in [0.4, 0.5) is 4.79 Å². The molecule has 0 bridgehead atoms. The summed E-state index contributed by atoms with van der Waals surface area (Å²) < 4.78 is 5.70. The van der Waals surface area contributed by atoms with E-state index in [1.54, 1.807) is 18.5 Å². The molecule has 3 fully saturated rings. The van der Waals surface area contributed by atoms with Gasteiger partial charge in [-0.1, -0.05) is 30.3 Å². The van der Waals surface area contributed by atoms with Crippen molar-refractivity contribution >= 4 is 17.8 Å². The van der Waals surface area contributed by atoms with Crippen LogP contribution >= 0.6 is 0 Å². The fourth-order valence-corrected chi connectivity index (χ4v) is 5.70. The number of likely N-dealkylation sites (tertiary alicyclic amines) is 1. The Morgan fingerprint density at radius 3 is 2.63 bits per heavy atom. The number of benzene rings is 1. The van der Waals surface area contributed by atoms with E-state index in [9.17, 15) is 14.4 Å². The van der Waals surface area contributed by atoms with Gasteiger partial charge in [-0.3, -0.25) is 19.5 Å². The lowest BCUT2D eigenvalue weighted by Gasteiger charge is -2.41. The molecule has 35 heavy (non-hydrogen) atoms. The van der Waals surface area contributed by atoms with Gasteiger partial charge in [0.15, 0.2) is 5.54 Å². The van der Waals surface area contributed by atoms with Crippen molar-refractivity contribution in [2.75, 3.05) is 26.2 Å². The highest BCUT2D eigenvalue weighted by atomic mass is 16.5. The molecule has 4 heterocycles. The van der Waals surface area contributed by atoms with Crippen molar-refractivity contribution in [2.24, 2.45) is 5.92 Å². The monoisotopic (exact) mass is 476 g/mol. The van der Waals surface area contributed by atoms with Gasteiger partial charge in [0, 0.05) is 37.7 Å². The van der Waals surface area contributed by atoms with Gasteiger partial charge in [-0.15, -0.1) is 0 Å². The molecule has 8 heteroatoms. The minimum absolute atomic E-state index is 0.0926. The summed E-state index contributed by atoms with van der Waals surface area (Å²) in [6.07, 6.45) is 6.61. The number of aryl methyl sites for hydroxylation is 1. The number of pyridine rings is 1. The number of nitrogens with zero attached hydrogens (tertiary/aromatic N) is 3. The summed E-state index contributed by atoms with van der Waals surface area (Å²) in [6.45, 7) is 4.04. The molecular formula is C27H32N4O4. The van der Waals surface area contributed by atoms with Gasteiger partial charge in [0.2, 0.25) is 5.91 Å². The quantitative estimate of drug-likeness (QED) is 0.648. The Morgan fingerprint density at radius 1 is 1.14 bits per heavy atom. The van der Waals surface area contributed by atoms with Gasteiger partial charge < -0.3 is 15.0 Å². The number of piperidine rings is 1. The predicted octanol–water partition coefficient (Wildman–Crippen LogP) is 2.80. The van der Waals surface area contributed by atoms with Gasteiger partial charge in [0.05, 0.1) is 19.1 Å². The predicted molar refractivity (Wildman–Crippen MR) is 129 cm³/mol. The molecule has 1 aromatic heterocycles. The van der Waals surface area contributed by atoms with E-state index in [-0.39, 0.29) is 36.4 Å². The maximum absolute atomic E-state index is 13.9. The number of hydrogen-bond donors (Lipinski definition) is 1. The van der Waals surface area contributed by atoms with Crippen molar-refractivity contribution in [3.63, 3.8) is 0 Å². The average molecular weight is 477 g/mol. The van der Waals surface area contributed by atoms with Crippen LogP contribution in [0.15, 0.2) is 48.8 Å². The maximum Gasteiger partial charge on any atom is 0.325 e. The van der Waals surface area contributed by atoms with Crippen LogP contribution in [0, 0.1) is 12.8 Å². The summed E-state index contributed by atoms with van der Waals surface area (Å²) in [5.74, 6) is -0.286. The lowest BCUT2D eigenvalue weighted by Crippen LogP contribution is -2.54. The Morgan fingerprint density at radius 2 is 1.94 bits per heavy atom. The molecule has 5 rings (SSSR count). The van der Waals surface area contributed by atoms with Gasteiger partial charge in [-0.05, 0) is 55.7 Å². The number of urea groups is 1. The highest BCUT2D eigenvalue weighted by molar-refractivity contribution is 6.07. The van der Waals surface area contributed by atoms with E-state index in [2.05, 4.69) is 10.3 Å². The van der Waals surface area contributed by atoms with Crippen LogP contribution in [0.2, 0.25) is 0 Å². The van der Waals surface area contributed by atoms with E-state index in [1.807, 2.05) is 42.2 Å². The van der Waals surface area contributed by atoms with Crippen molar-refractivity contribution in [1.29, 1.82) is 0 Å². The molecule has 0 aliphatic carbocycles. The molecule has 2 atom stereocenters. The molecule has 3 saturated heterocycles. The molecule has 3 aliphatic heterocycles. The van der Waals surface area contributed by atoms with Crippen LogP contribution in [0.3, 0.4) is 0 Å². The van der Waals surface area contributed by atoms with Gasteiger partial charge in [0.1, 0.15) is 0 Å². The molecule has 2 aromatic rings. The van der Waals surface area contributed by atoms with Crippen LogP contribution in [-0.2, 0) is 26.3 Å². The second-order valence-electron chi connectivity index (χ2n) is 9.79. The van der Waals surface area contributed by atoms with E-state index >= 15 is 0 Å². The molecule has 4 amide bonds. The zero-order valence-corrected chi connectivity index (χ0v) is 20.1. The van der Waals surface area contributed by atoms with E-state index < -0.39 is 5.54 Å². The van der Waals surface area contributed by atoms with Crippen molar-refractivity contribution in [3.05, 3.63) is 65.5 Å². The van der Waals surface area contributed by atoms with Crippen molar-refractivity contribution in [2.45, 2.75) is 50.7 Å². The summed E-state index contributed by atoms with van der Waals surface area (Å²) in [4.78, 5) is 47.4.